The fourth-order valence-electron chi connectivity index (χ4n) is 6.10. The predicted octanol–water partition coefficient (Wildman–Crippen LogP) is 9.68. The van der Waals surface area contributed by atoms with Gasteiger partial charge in [-0.15, -0.1) is 0 Å². The van der Waals surface area contributed by atoms with Gasteiger partial charge in [0.15, 0.2) is 0 Å². The number of hydrogen-bond donors (Lipinski definition) is 0. The van der Waals surface area contributed by atoms with Crippen LogP contribution in [0.3, 0.4) is 0 Å². The molecule has 2 aliphatic rings. The summed E-state index contributed by atoms with van der Waals surface area (Å²) in [6.45, 7) is 2.26. The highest BCUT2D eigenvalue weighted by atomic mass is 19.4. The van der Waals surface area contributed by atoms with Crippen LogP contribution in [0, 0.1) is 23.6 Å². The zero-order chi connectivity index (χ0) is 22.3. The zero-order valence-corrected chi connectivity index (χ0v) is 19.2. The van der Waals surface area contributed by atoms with Gasteiger partial charge in [-0.25, -0.2) is 4.39 Å². The van der Waals surface area contributed by atoms with Crippen LogP contribution in [0.5, 0.6) is 0 Å². The monoisotopic (exact) mass is 440 g/mol. The van der Waals surface area contributed by atoms with E-state index in [1.807, 2.05) is 0 Å². The quantitative estimate of drug-likeness (QED) is 0.265. The van der Waals surface area contributed by atoms with Crippen LogP contribution in [0.1, 0.15) is 120 Å². The third kappa shape index (κ3) is 7.22. The molecule has 3 rings (SSSR count). The van der Waals surface area contributed by atoms with Crippen LogP contribution >= 0.6 is 0 Å². The molecule has 0 amide bonds. The van der Waals surface area contributed by atoms with Crippen molar-refractivity contribution < 1.29 is 17.6 Å². The maximum absolute atomic E-state index is 14.0. The lowest BCUT2D eigenvalue weighted by Gasteiger charge is -2.38. The molecule has 176 valence electrons. The van der Waals surface area contributed by atoms with Crippen molar-refractivity contribution in [2.45, 2.75) is 115 Å². The van der Waals surface area contributed by atoms with Crippen molar-refractivity contribution in [3.05, 3.63) is 35.1 Å². The van der Waals surface area contributed by atoms with Gasteiger partial charge in [0.25, 0.3) is 0 Å². The molecule has 0 heterocycles. The molecule has 2 fully saturated rings. The first-order valence-corrected chi connectivity index (χ1v) is 12.7. The third-order valence-electron chi connectivity index (χ3n) is 8.07. The van der Waals surface area contributed by atoms with Crippen LogP contribution in [0.25, 0.3) is 0 Å². The van der Waals surface area contributed by atoms with E-state index in [0.717, 1.165) is 61.1 Å². The van der Waals surface area contributed by atoms with Gasteiger partial charge in [0, 0.05) is 0 Å². The van der Waals surface area contributed by atoms with E-state index >= 15 is 0 Å². The maximum Gasteiger partial charge on any atom is 0.419 e. The highest BCUT2D eigenvalue weighted by Crippen LogP contribution is 2.45. The van der Waals surface area contributed by atoms with Crippen molar-refractivity contribution in [2.24, 2.45) is 17.8 Å². The van der Waals surface area contributed by atoms with Crippen molar-refractivity contribution in [3.8, 4) is 0 Å². The standard InChI is InChI=1S/C27H40F4/c1-2-3-4-5-6-7-8-20-9-11-21(12-10-20)22-13-15-23(16-14-22)24-17-18-25(26(28)19-24)27(29,30)31/h17-23H,2-16H2,1H3. The molecule has 4 heteroatoms. The Labute approximate surface area is 186 Å². The fraction of sp³-hybridized carbons (Fsp3) is 0.778. The SMILES string of the molecule is CCCCCCCCC1CCC(C2CCC(c3ccc(C(F)(F)F)c(F)c3)CC2)CC1. The minimum absolute atomic E-state index is 0.206. The highest BCUT2D eigenvalue weighted by molar-refractivity contribution is 5.29. The van der Waals surface area contributed by atoms with E-state index in [-0.39, 0.29) is 5.92 Å². The van der Waals surface area contributed by atoms with E-state index in [0.29, 0.717) is 0 Å². The third-order valence-corrected chi connectivity index (χ3v) is 8.07. The van der Waals surface area contributed by atoms with Crippen molar-refractivity contribution >= 4 is 0 Å². The van der Waals surface area contributed by atoms with Crippen molar-refractivity contribution in [1.82, 2.24) is 0 Å². The van der Waals surface area contributed by atoms with Crippen LogP contribution in [-0.2, 0) is 6.18 Å². The van der Waals surface area contributed by atoms with Gasteiger partial charge in [-0.3, -0.25) is 0 Å². The van der Waals surface area contributed by atoms with E-state index < -0.39 is 17.6 Å². The highest BCUT2D eigenvalue weighted by Gasteiger charge is 2.35. The van der Waals surface area contributed by atoms with Crippen LogP contribution in [0.2, 0.25) is 0 Å². The number of hydrogen-bond acceptors (Lipinski definition) is 0. The Balaban J connectivity index is 1.37. The predicted molar refractivity (Wildman–Crippen MR) is 120 cm³/mol. The maximum atomic E-state index is 14.0. The number of benzene rings is 1. The molecule has 0 N–H and O–H groups in total. The first kappa shape index (κ1) is 24.6. The summed E-state index contributed by atoms with van der Waals surface area (Å²) in [6.07, 6.45) is 14.8. The Morgan fingerprint density at radius 3 is 1.94 bits per heavy atom. The smallest absolute Gasteiger partial charge is 0.206 e. The molecular formula is C27H40F4. The zero-order valence-electron chi connectivity index (χ0n) is 19.2. The molecule has 0 atom stereocenters. The summed E-state index contributed by atoms with van der Waals surface area (Å²) in [5.41, 5.74) is -0.408. The van der Waals surface area contributed by atoms with Crippen molar-refractivity contribution in [2.75, 3.05) is 0 Å². The molecule has 0 aliphatic heterocycles. The summed E-state index contributed by atoms with van der Waals surface area (Å²) in [5.74, 6) is 1.58. The van der Waals surface area contributed by atoms with Gasteiger partial charge in [-0.2, -0.15) is 13.2 Å². The van der Waals surface area contributed by atoms with E-state index in [1.165, 1.54) is 76.7 Å². The summed E-state index contributed by atoms with van der Waals surface area (Å²) >= 11 is 0. The molecule has 0 bridgehead atoms. The Morgan fingerprint density at radius 1 is 0.774 bits per heavy atom. The lowest BCUT2D eigenvalue weighted by molar-refractivity contribution is -0.140. The second-order valence-corrected chi connectivity index (χ2v) is 10.2. The fourth-order valence-corrected chi connectivity index (χ4v) is 6.10. The first-order chi connectivity index (χ1) is 14.9. The molecule has 1 aromatic rings. The van der Waals surface area contributed by atoms with Gasteiger partial charge in [0.05, 0.1) is 5.56 Å². The number of rotatable bonds is 9. The molecule has 0 nitrogen and oxygen atoms in total. The molecule has 0 spiro atoms. The average molecular weight is 441 g/mol. The molecule has 2 aliphatic carbocycles. The van der Waals surface area contributed by atoms with E-state index in [2.05, 4.69) is 6.92 Å². The lowest BCUT2D eigenvalue weighted by atomic mass is 9.68. The summed E-state index contributed by atoms with van der Waals surface area (Å²) in [5, 5.41) is 0. The molecule has 0 radical (unpaired) electrons. The summed E-state index contributed by atoms with van der Waals surface area (Å²) in [4.78, 5) is 0. The second-order valence-electron chi connectivity index (χ2n) is 10.2. The molecule has 0 aromatic heterocycles. The summed E-state index contributed by atoms with van der Waals surface area (Å²) < 4.78 is 52.3. The first-order valence-electron chi connectivity index (χ1n) is 12.7. The van der Waals surface area contributed by atoms with Crippen molar-refractivity contribution in [1.29, 1.82) is 0 Å². The topological polar surface area (TPSA) is 0 Å². The van der Waals surface area contributed by atoms with Crippen LogP contribution in [0.4, 0.5) is 17.6 Å². The van der Waals surface area contributed by atoms with Crippen LogP contribution in [0.15, 0.2) is 18.2 Å². The summed E-state index contributed by atoms with van der Waals surface area (Å²) in [7, 11) is 0. The van der Waals surface area contributed by atoms with Gasteiger partial charge in [0.2, 0.25) is 0 Å². The van der Waals surface area contributed by atoms with Gasteiger partial charge in [-0.05, 0) is 79.9 Å². The number of halogens is 4. The van der Waals surface area contributed by atoms with Gasteiger partial charge < -0.3 is 0 Å². The Bertz CT molecular complexity index is 650. The van der Waals surface area contributed by atoms with E-state index in [1.54, 1.807) is 0 Å². The van der Waals surface area contributed by atoms with Crippen LogP contribution in [-0.4, -0.2) is 0 Å². The molecular weight excluding hydrogens is 400 g/mol. The molecule has 31 heavy (non-hydrogen) atoms. The largest absolute Gasteiger partial charge is 0.419 e. The Kier molecular flexibility index (Phi) is 9.28. The Morgan fingerprint density at radius 2 is 1.35 bits per heavy atom. The molecule has 2 saturated carbocycles. The van der Waals surface area contributed by atoms with Gasteiger partial charge >= 0.3 is 6.18 Å². The minimum atomic E-state index is -4.62. The average Bonchev–Trinajstić information content (AvgIpc) is 2.76. The van der Waals surface area contributed by atoms with E-state index in [9.17, 15) is 17.6 Å². The molecule has 0 saturated heterocycles. The second kappa shape index (κ2) is 11.7. The summed E-state index contributed by atoms with van der Waals surface area (Å²) in [6, 6.07) is 3.54. The number of unbranched alkanes of at least 4 members (excludes halogenated alkanes) is 5. The van der Waals surface area contributed by atoms with Crippen LogP contribution < -0.4 is 0 Å². The van der Waals surface area contributed by atoms with Crippen molar-refractivity contribution in [3.63, 3.8) is 0 Å². The molecule has 0 unspecified atom stereocenters. The lowest BCUT2D eigenvalue weighted by Crippen LogP contribution is -2.25. The number of alkyl halides is 3. The normalized spacial score (nSPS) is 27.4. The minimum Gasteiger partial charge on any atom is -0.206 e. The Hall–Kier alpha value is -1.06. The van der Waals surface area contributed by atoms with E-state index in [4.69, 9.17) is 0 Å². The van der Waals surface area contributed by atoms with Gasteiger partial charge in [-0.1, -0.05) is 70.8 Å². The van der Waals surface area contributed by atoms with Gasteiger partial charge in [0.1, 0.15) is 5.82 Å². The molecule has 1 aromatic carbocycles.